The van der Waals surface area contributed by atoms with Crippen molar-refractivity contribution in [2.75, 3.05) is 11.1 Å². The van der Waals surface area contributed by atoms with Crippen LogP contribution >= 0.6 is 27.7 Å². The number of hydrogen-bond acceptors (Lipinski definition) is 3. The molecule has 1 aromatic carbocycles. The van der Waals surface area contributed by atoms with Gasteiger partial charge in [0.05, 0.1) is 5.54 Å². The zero-order valence-corrected chi connectivity index (χ0v) is 14.2. The van der Waals surface area contributed by atoms with Crippen LogP contribution in [0.25, 0.3) is 0 Å². The van der Waals surface area contributed by atoms with Crippen LogP contribution in [0.3, 0.4) is 0 Å². The van der Waals surface area contributed by atoms with Crippen molar-refractivity contribution in [2.24, 2.45) is 4.99 Å². The molecule has 0 saturated heterocycles. The molecule has 0 unspecified atom stereocenters. The second kappa shape index (κ2) is 6.31. The fourth-order valence-electron chi connectivity index (χ4n) is 2.25. The molecule has 104 valence electrons. The summed E-state index contributed by atoms with van der Waals surface area (Å²) in [4.78, 5) is 4.91. The van der Waals surface area contributed by atoms with E-state index in [1.165, 1.54) is 11.3 Å². The maximum atomic E-state index is 4.91. The molecule has 0 fully saturated rings. The van der Waals surface area contributed by atoms with Gasteiger partial charge in [-0.25, -0.2) is 0 Å². The summed E-state index contributed by atoms with van der Waals surface area (Å²) in [5, 5.41) is 4.57. The summed E-state index contributed by atoms with van der Waals surface area (Å²) in [7, 11) is 0. The quantitative estimate of drug-likeness (QED) is 0.825. The number of halogens is 1. The lowest BCUT2D eigenvalue weighted by Gasteiger charge is -2.20. The van der Waals surface area contributed by atoms with Gasteiger partial charge in [-0.3, -0.25) is 4.99 Å². The zero-order valence-electron chi connectivity index (χ0n) is 11.8. The van der Waals surface area contributed by atoms with Gasteiger partial charge in [0.25, 0.3) is 0 Å². The number of amidine groups is 1. The van der Waals surface area contributed by atoms with E-state index in [9.17, 15) is 0 Å². The summed E-state index contributed by atoms with van der Waals surface area (Å²) in [6.07, 6.45) is 3.25. The molecule has 1 aliphatic heterocycles. The molecule has 2 nitrogen and oxygen atoms in total. The fraction of sp³-hybridized carbons (Fsp3) is 0.533. The monoisotopic (exact) mass is 340 g/mol. The molecule has 0 saturated carbocycles. The summed E-state index contributed by atoms with van der Waals surface area (Å²) in [6.45, 7) is 6.64. The van der Waals surface area contributed by atoms with Crippen LogP contribution in [-0.4, -0.2) is 16.5 Å². The van der Waals surface area contributed by atoms with Gasteiger partial charge in [0, 0.05) is 15.9 Å². The van der Waals surface area contributed by atoms with Gasteiger partial charge < -0.3 is 5.32 Å². The first-order chi connectivity index (χ1) is 9.12. The summed E-state index contributed by atoms with van der Waals surface area (Å²) < 4.78 is 1.13. The number of anilines is 1. The highest BCUT2D eigenvalue weighted by atomic mass is 79.9. The topological polar surface area (TPSA) is 24.4 Å². The fourth-order valence-corrected chi connectivity index (χ4v) is 3.98. The van der Waals surface area contributed by atoms with E-state index in [1.54, 1.807) is 0 Å². The Morgan fingerprint density at radius 1 is 1.32 bits per heavy atom. The number of rotatable bonds is 4. The van der Waals surface area contributed by atoms with Gasteiger partial charge in [-0.1, -0.05) is 48.5 Å². The van der Waals surface area contributed by atoms with Crippen LogP contribution in [0.5, 0.6) is 0 Å². The van der Waals surface area contributed by atoms with Crippen molar-refractivity contribution >= 4 is 38.5 Å². The second-order valence-corrected chi connectivity index (χ2v) is 6.80. The molecule has 1 N–H and O–H groups in total. The number of thioether (sulfide) groups is 1. The van der Waals surface area contributed by atoms with E-state index < -0.39 is 0 Å². The molecule has 1 aliphatic rings. The molecular formula is C15H21BrN2S. The van der Waals surface area contributed by atoms with Crippen LogP contribution in [0.15, 0.2) is 27.7 Å². The Labute approximate surface area is 128 Å². The van der Waals surface area contributed by atoms with E-state index in [1.807, 2.05) is 11.8 Å². The van der Waals surface area contributed by atoms with Crippen molar-refractivity contribution in [3.8, 4) is 0 Å². The Hall–Kier alpha value is -0.480. The molecule has 0 spiro atoms. The van der Waals surface area contributed by atoms with Gasteiger partial charge in [0.15, 0.2) is 5.17 Å². The first-order valence-corrected chi connectivity index (χ1v) is 8.68. The van der Waals surface area contributed by atoms with Crippen molar-refractivity contribution < 1.29 is 0 Å². The lowest BCUT2D eigenvalue weighted by molar-refractivity contribution is 0.456. The van der Waals surface area contributed by atoms with Crippen molar-refractivity contribution in [3.05, 3.63) is 28.2 Å². The number of nitrogens with zero attached hydrogens (tertiary/aromatic N) is 1. The van der Waals surface area contributed by atoms with Crippen LogP contribution in [0, 0.1) is 0 Å². The molecular weight excluding hydrogens is 320 g/mol. The third-order valence-electron chi connectivity index (χ3n) is 3.82. The van der Waals surface area contributed by atoms with Crippen molar-refractivity contribution in [1.82, 2.24) is 0 Å². The minimum Gasteiger partial charge on any atom is -0.335 e. The van der Waals surface area contributed by atoms with Gasteiger partial charge in [-0.05, 0) is 43.0 Å². The van der Waals surface area contributed by atoms with E-state index in [2.05, 4.69) is 60.2 Å². The Morgan fingerprint density at radius 2 is 2.05 bits per heavy atom. The number of nitrogens with one attached hydrogen (secondary N) is 1. The molecule has 4 heteroatoms. The minimum absolute atomic E-state index is 0.148. The van der Waals surface area contributed by atoms with E-state index in [0.29, 0.717) is 0 Å². The molecule has 0 aliphatic carbocycles. The second-order valence-electron chi connectivity index (χ2n) is 4.92. The number of benzene rings is 1. The smallest absolute Gasteiger partial charge is 0.161 e. The maximum absolute atomic E-state index is 4.91. The van der Waals surface area contributed by atoms with Gasteiger partial charge in [-0.2, -0.15) is 0 Å². The molecule has 2 rings (SSSR count). The average molecular weight is 341 g/mol. The van der Waals surface area contributed by atoms with Gasteiger partial charge in [0.2, 0.25) is 0 Å². The van der Waals surface area contributed by atoms with Crippen LogP contribution in [0.2, 0.25) is 0 Å². The summed E-state index contributed by atoms with van der Waals surface area (Å²) >= 11 is 5.37. The predicted molar refractivity (Wildman–Crippen MR) is 90.3 cm³/mol. The lowest BCUT2D eigenvalue weighted by Crippen LogP contribution is -2.24. The number of aryl methyl sites for hydroxylation is 1. The predicted octanol–water partition coefficient (Wildman–Crippen LogP) is 5.09. The molecule has 19 heavy (non-hydrogen) atoms. The summed E-state index contributed by atoms with van der Waals surface area (Å²) in [5.74, 6) is 1.10. The Morgan fingerprint density at radius 3 is 2.63 bits per heavy atom. The molecule has 1 aromatic rings. The standard InChI is InChI=1S/C15H21BrN2S/c1-4-11-9-12(16)7-8-13(11)17-14-18-15(5-2,6-3)10-19-14/h7-9H,4-6,10H2,1-3H3,(H,17,18). The summed E-state index contributed by atoms with van der Waals surface area (Å²) in [5.41, 5.74) is 2.65. The Balaban J connectivity index is 2.19. The first kappa shape index (κ1) is 14.9. The van der Waals surface area contributed by atoms with Gasteiger partial charge >= 0.3 is 0 Å². The Kier molecular flexibility index (Phi) is 4.96. The molecule has 0 atom stereocenters. The maximum Gasteiger partial charge on any atom is 0.161 e. The number of aliphatic imine (C=N–C) groups is 1. The molecule has 0 bridgehead atoms. The number of hydrogen-bond donors (Lipinski definition) is 1. The third kappa shape index (κ3) is 3.34. The van der Waals surface area contributed by atoms with Crippen LogP contribution in [0.1, 0.15) is 39.2 Å². The van der Waals surface area contributed by atoms with Crippen molar-refractivity contribution in [3.63, 3.8) is 0 Å². The molecule has 0 amide bonds. The van der Waals surface area contributed by atoms with Crippen LogP contribution in [0.4, 0.5) is 5.69 Å². The molecule has 0 radical (unpaired) electrons. The van der Waals surface area contributed by atoms with Crippen molar-refractivity contribution in [2.45, 2.75) is 45.6 Å². The van der Waals surface area contributed by atoms with E-state index in [-0.39, 0.29) is 5.54 Å². The normalized spacial score (nSPS) is 17.4. The highest BCUT2D eigenvalue weighted by Gasteiger charge is 2.32. The average Bonchev–Trinajstić information content (AvgIpc) is 2.85. The van der Waals surface area contributed by atoms with Gasteiger partial charge in [0.1, 0.15) is 0 Å². The third-order valence-corrected chi connectivity index (χ3v) is 5.46. The minimum atomic E-state index is 0.148. The summed E-state index contributed by atoms with van der Waals surface area (Å²) in [6, 6.07) is 6.38. The lowest BCUT2D eigenvalue weighted by atomic mass is 9.97. The largest absolute Gasteiger partial charge is 0.335 e. The van der Waals surface area contributed by atoms with Gasteiger partial charge in [-0.15, -0.1) is 0 Å². The Bertz CT molecular complexity index is 481. The first-order valence-electron chi connectivity index (χ1n) is 6.90. The van der Waals surface area contributed by atoms with E-state index >= 15 is 0 Å². The van der Waals surface area contributed by atoms with Crippen LogP contribution in [-0.2, 0) is 6.42 Å². The highest BCUT2D eigenvalue weighted by Crippen LogP contribution is 2.34. The molecule has 1 heterocycles. The highest BCUT2D eigenvalue weighted by molar-refractivity contribution is 9.10. The molecule has 0 aromatic heterocycles. The van der Waals surface area contributed by atoms with E-state index in [0.717, 1.165) is 34.7 Å². The zero-order chi connectivity index (χ0) is 13.9. The SMILES string of the molecule is CCc1cc(Br)ccc1NC1=NC(CC)(CC)CS1. The van der Waals surface area contributed by atoms with E-state index in [4.69, 9.17) is 4.99 Å². The van der Waals surface area contributed by atoms with Crippen molar-refractivity contribution in [1.29, 1.82) is 0 Å². The van der Waals surface area contributed by atoms with Crippen LogP contribution < -0.4 is 5.32 Å².